The Morgan fingerprint density at radius 3 is 2.61 bits per heavy atom. The van der Waals surface area contributed by atoms with Crippen LogP contribution in [0.2, 0.25) is 5.02 Å². The summed E-state index contributed by atoms with van der Waals surface area (Å²) in [6, 6.07) is 4.92. The van der Waals surface area contributed by atoms with Gasteiger partial charge < -0.3 is 24.9 Å². The van der Waals surface area contributed by atoms with Gasteiger partial charge in [-0.05, 0) is 38.1 Å². The van der Waals surface area contributed by atoms with Crippen LogP contribution in [0.3, 0.4) is 0 Å². The summed E-state index contributed by atoms with van der Waals surface area (Å²) in [4.78, 5) is 27.1. The number of rotatable bonds is 8. The maximum atomic E-state index is 12.2. The first kappa shape index (κ1) is 22.0. The first-order valence-electron chi connectivity index (χ1n) is 8.01. The largest absolute Gasteiger partial charge is 0.583 e. The molecule has 0 spiro atoms. The van der Waals surface area contributed by atoms with Crippen LogP contribution < -0.4 is 9.63 Å². The second-order valence-electron chi connectivity index (χ2n) is 5.66. The van der Waals surface area contributed by atoms with Gasteiger partial charge >= 0.3 is 14.1 Å². The molecule has 3 unspecified atom stereocenters. The Morgan fingerprint density at radius 2 is 2.04 bits per heavy atom. The van der Waals surface area contributed by atoms with E-state index in [-0.39, 0.29) is 28.3 Å². The van der Waals surface area contributed by atoms with Crippen molar-refractivity contribution < 1.29 is 34.3 Å². The van der Waals surface area contributed by atoms with E-state index in [9.17, 15) is 19.9 Å². The average molecular weight is 429 g/mol. The number of halogens is 1. The van der Waals surface area contributed by atoms with E-state index in [2.05, 4.69) is 9.73 Å². The van der Waals surface area contributed by atoms with Crippen molar-refractivity contribution in [1.29, 1.82) is 0 Å². The molecule has 1 heterocycles. The zero-order chi connectivity index (χ0) is 20.8. The van der Waals surface area contributed by atoms with Crippen LogP contribution in [0.15, 0.2) is 35.2 Å². The molecule has 28 heavy (non-hydrogen) atoms. The summed E-state index contributed by atoms with van der Waals surface area (Å²) in [7, 11) is -2.80. The number of benzene rings is 1. The van der Waals surface area contributed by atoms with Crippen LogP contribution in [-0.4, -0.2) is 32.3 Å². The lowest BCUT2D eigenvalue weighted by atomic mass is 10.1. The number of aliphatic carboxylic acids is 1. The lowest BCUT2D eigenvalue weighted by molar-refractivity contribution is -0.189. The minimum Gasteiger partial charge on any atom is -0.583 e. The van der Waals surface area contributed by atoms with E-state index < -0.39 is 33.1 Å². The Labute approximate surface area is 166 Å². The van der Waals surface area contributed by atoms with E-state index in [0.29, 0.717) is 5.02 Å². The number of aryl methyl sites for hydroxylation is 1. The molecule has 0 saturated heterocycles. The fraction of sp³-hybridized carbons (Fsp3) is 0.294. The quantitative estimate of drug-likeness (QED) is 0.430. The van der Waals surface area contributed by atoms with Crippen molar-refractivity contribution >= 4 is 25.7 Å². The number of aromatic hydroxyl groups is 1. The van der Waals surface area contributed by atoms with E-state index in [1.165, 1.54) is 25.3 Å². The molecule has 0 saturated carbocycles. The van der Waals surface area contributed by atoms with Crippen LogP contribution in [-0.2, 0) is 15.9 Å². The number of carboxylic acid groups (broad SMARTS) is 1. The predicted octanol–water partition coefficient (Wildman–Crippen LogP) is 2.66. The van der Waals surface area contributed by atoms with Crippen LogP contribution >= 0.6 is 19.8 Å². The monoisotopic (exact) mass is 428 g/mol. The zero-order valence-electron chi connectivity index (χ0n) is 14.9. The Bertz CT molecular complexity index is 877. The van der Waals surface area contributed by atoms with Crippen molar-refractivity contribution in [2.45, 2.75) is 32.8 Å². The molecule has 0 amide bonds. The van der Waals surface area contributed by atoms with Gasteiger partial charge in [0.2, 0.25) is 0 Å². The summed E-state index contributed by atoms with van der Waals surface area (Å²) in [5, 5.41) is 29.2. The van der Waals surface area contributed by atoms with E-state index >= 15 is 0 Å². The van der Waals surface area contributed by atoms with Gasteiger partial charge in [-0.25, -0.2) is 4.79 Å². The van der Waals surface area contributed by atoms with Crippen molar-refractivity contribution in [3.8, 4) is 11.5 Å². The van der Waals surface area contributed by atoms with Crippen LogP contribution in [0, 0.1) is 6.92 Å². The van der Waals surface area contributed by atoms with E-state index in [4.69, 9.17) is 26.0 Å². The highest BCUT2D eigenvalue weighted by atomic mass is 35.5. The fourth-order valence-electron chi connectivity index (χ4n) is 2.11. The van der Waals surface area contributed by atoms with Gasteiger partial charge in [0.1, 0.15) is 11.5 Å². The Balaban J connectivity index is 2.43. The van der Waals surface area contributed by atoms with Gasteiger partial charge in [-0.15, -0.1) is 4.52 Å². The molecular weight excluding hydrogens is 411 g/mol. The summed E-state index contributed by atoms with van der Waals surface area (Å²) < 4.78 is 14.5. The SMILES string of the molecule is Cc1ncc(C(Oc2ccc(Cl)cc2)O/[P+]([O-])=N/C(C)C(=O)O)c(CO)c1O. The number of pyridine rings is 1. The number of carboxylic acids is 1. The first-order chi connectivity index (χ1) is 13.2. The number of hydrogen-bond donors (Lipinski definition) is 3. The van der Waals surface area contributed by atoms with Gasteiger partial charge in [0.25, 0.3) is 6.29 Å². The number of carbonyl (C=O) groups is 1. The summed E-state index contributed by atoms with van der Waals surface area (Å²) in [5.74, 6) is -1.25. The maximum absolute atomic E-state index is 12.2. The van der Waals surface area contributed by atoms with Crippen molar-refractivity contribution in [1.82, 2.24) is 4.98 Å². The van der Waals surface area contributed by atoms with Crippen LogP contribution in [0.25, 0.3) is 0 Å². The van der Waals surface area contributed by atoms with Crippen molar-refractivity contribution in [3.63, 3.8) is 0 Å². The zero-order valence-corrected chi connectivity index (χ0v) is 16.6. The minimum atomic E-state index is -2.80. The molecule has 0 radical (unpaired) electrons. The number of aliphatic hydroxyl groups excluding tert-OH is 1. The highest BCUT2D eigenvalue weighted by molar-refractivity contribution is 7.33. The van der Waals surface area contributed by atoms with Gasteiger partial charge in [0.15, 0.2) is 6.04 Å². The highest BCUT2D eigenvalue weighted by Crippen LogP contribution is 2.36. The summed E-state index contributed by atoms with van der Waals surface area (Å²) in [5.41, 5.74) is 0.454. The Kier molecular flexibility index (Phi) is 7.68. The molecule has 3 atom stereocenters. The number of nitrogens with zero attached hydrogens (tertiary/aromatic N) is 2. The third-order valence-corrected chi connectivity index (χ3v) is 4.81. The number of aromatic nitrogens is 1. The third-order valence-electron chi connectivity index (χ3n) is 3.65. The molecule has 0 aliphatic heterocycles. The standard InChI is InChI=1S/C17H18ClN2O7P/c1-9-15(22)14(8-21)13(7-19-9)17(26-12-5-3-11(18)4-6-12)27-28(25)20-10(2)16(23)24/h3-7,10,17,21-22H,8H2,1-2H3,(H,23,24). The van der Waals surface area contributed by atoms with Crippen LogP contribution in [0.1, 0.15) is 30.0 Å². The Morgan fingerprint density at radius 1 is 1.39 bits per heavy atom. The predicted molar refractivity (Wildman–Crippen MR) is 98.9 cm³/mol. The van der Waals surface area contributed by atoms with E-state index in [1.54, 1.807) is 19.1 Å². The average Bonchev–Trinajstić information content (AvgIpc) is 2.64. The molecule has 11 heteroatoms. The molecule has 2 rings (SSSR count). The second-order valence-corrected chi connectivity index (χ2v) is 7.01. The molecule has 150 valence electrons. The van der Waals surface area contributed by atoms with Gasteiger partial charge in [-0.3, -0.25) is 4.98 Å². The lowest BCUT2D eigenvalue weighted by Crippen LogP contribution is -2.16. The number of hydrogen-bond acceptors (Lipinski definition) is 8. The summed E-state index contributed by atoms with van der Waals surface area (Å²) in [6.07, 6.45) is -0.0963. The summed E-state index contributed by atoms with van der Waals surface area (Å²) >= 11 is 5.84. The van der Waals surface area contributed by atoms with E-state index in [0.717, 1.165) is 0 Å². The number of ether oxygens (including phenoxy) is 1. The van der Waals surface area contributed by atoms with Gasteiger partial charge in [-0.1, -0.05) is 16.3 Å². The first-order valence-corrected chi connectivity index (χ1v) is 9.51. The molecule has 1 aromatic carbocycles. The molecule has 0 fully saturated rings. The molecule has 1 aromatic heterocycles. The highest BCUT2D eigenvalue weighted by Gasteiger charge is 2.27. The van der Waals surface area contributed by atoms with Crippen molar-refractivity contribution in [2.24, 2.45) is 4.74 Å². The normalized spacial score (nSPS) is 13.8. The van der Waals surface area contributed by atoms with Gasteiger partial charge in [0, 0.05) is 16.8 Å². The molecule has 0 bridgehead atoms. The molecule has 0 aliphatic rings. The molecule has 3 N–H and O–H groups in total. The topological polar surface area (TPSA) is 145 Å². The third kappa shape index (κ3) is 5.60. The number of aliphatic hydroxyl groups is 1. The van der Waals surface area contributed by atoms with Crippen molar-refractivity contribution in [2.75, 3.05) is 0 Å². The fourth-order valence-corrected chi connectivity index (χ4v) is 2.99. The smallest absolute Gasteiger partial charge is 0.346 e. The second kappa shape index (κ2) is 9.77. The maximum Gasteiger partial charge on any atom is 0.346 e. The van der Waals surface area contributed by atoms with E-state index in [1.807, 2.05) is 0 Å². The van der Waals surface area contributed by atoms with Gasteiger partial charge in [-0.2, -0.15) is 0 Å². The summed E-state index contributed by atoms with van der Waals surface area (Å²) in [6.45, 7) is 2.22. The Hall–Kier alpha value is -2.29. The minimum absolute atomic E-state index is 0.0705. The van der Waals surface area contributed by atoms with Crippen LogP contribution in [0.5, 0.6) is 11.5 Å². The van der Waals surface area contributed by atoms with Crippen molar-refractivity contribution in [3.05, 3.63) is 52.3 Å². The molecule has 2 aromatic rings. The lowest BCUT2D eigenvalue weighted by Gasteiger charge is -2.19. The van der Waals surface area contributed by atoms with Crippen LogP contribution in [0.4, 0.5) is 0 Å². The molecule has 9 nitrogen and oxygen atoms in total. The molecular formula is C17H18ClN2O7P. The van der Waals surface area contributed by atoms with Gasteiger partial charge in [0.05, 0.1) is 17.9 Å². The molecule has 0 aliphatic carbocycles.